The highest BCUT2D eigenvalue weighted by atomic mass is 32.1. The number of methoxy groups -OCH3 is 1. The van der Waals surface area contributed by atoms with Gasteiger partial charge in [-0.3, -0.25) is 4.79 Å². The van der Waals surface area contributed by atoms with Gasteiger partial charge in [0.2, 0.25) is 5.13 Å². The van der Waals surface area contributed by atoms with Crippen molar-refractivity contribution in [2.45, 2.75) is 6.42 Å². The Bertz CT molecular complexity index is 734. The van der Waals surface area contributed by atoms with Crippen molar-refractivity contribution in [1.82, 2.24) is 14.3 Å². The number of aromatic nitrogens is 2. The molecule has 0 radical (unpaired) electrons. The number of morpholine rings is 1. The highest BCUT2D eigenvalue weighted by Gasteiger charge is 2.21. The van der Waals surface area contributed by atoms with Crippen LogP contribution >= 0.6 is 11.5 Å². The van der Waals surface area contributed by atoms with Gasteiger partial charge in [-0.1, -0.05) is 0 Å². The molecular formula is C16H19FN4O3S. The maximum absolute atomic E-state index is 14.4. The van der Waals surface area contributed by atoms with Crippen LogP contribution in [-0.2, 0) is 15.9 Å². The average Bonchev–Trinajstić information content (AvgIpc) is 3.07. The van der Waals surface area contributed by atoms with E-state index < -0.39 is 5.82 Å². The summed E-state index contributed by atoms with van der Waals surface area (Å²) in [7, 11) is 1.62. The Balaban J connectivity index is 1.67. The maximum Gasteiger partial charge on any atom is 0.256 e. The molecule has 1 saturated heterocycles. The van der Waals surface area contributed by atoms with E-state index in [0.29, 0.717) is 56.0 Å². The van der Waals surface area contributed by atoms with E-state index in [1.165, 1.54) is 23.7 Å². The third-order valence-corrected chi connectivity index (χ3v) is 4.42. The zero-order chi connectivity index (χ0) is 17.6. The van der Waals surface area contributed by atoms with Crippen molar-refractivity contribution < 1.29 is 18.7 Å². The van der Waals surface area contributed by atoms with Gasteiger partial charge < -0.3 is 19.7 Å². The zero-order valence-electron chi connectivity index (χ0n) is 13.8. The van der Waals surface area contributed by atoms with Gasteiger partial charge in [0.15, 0.2) is 0 Å². The van der Waals surface area contributed by atoms with Crippen molar-refractivity contribution in [3.63, 3.8) is 0 Å². The molecule has 0 saturated carbocycles. The average molecular weight is 366 g/mol. The number of carbonyl (C=O) groups is 1. The molecule has 1 aromatic heterocycles. The highest BCUT2D eigenvalue weighted by molar-refractivity contribution is 7.09. The molecule has 2 heterocycles. The van der Waals surface area contributed by atoms with Crippen LogP contribution in [0.15, 0.2) is 18.2 Å². The van der Waals surface area contributed by atoms with E-state index in [1.807, 2.05) is 0 Å². The van der Waals surface area contributed by atoms with E-state index >= 15 is 0 Å². The molecule has 0 unspecified atom stereocenters. The smallest absolute Gasteiger partial charge is 0.256 e. The van der Waals surface area contributed by atoms with E-state index in [0.717, 1.165) is 0 Å². The third-order valence-electron chi connectivity index (χ3n) is 3.75. The SMILES string of the molecule is COCCc1nsc(Nc2ccc(C(=O)N3CCOCC3)c(F)c2)n1. The minimum atomic E-state index is -0.564. The summed E-state index contributed by atoms with van der Waals surface area (Å²) < 4.78 is 28.8. The number of nitrogens with zero attached hydrogens (tertiary/aromatic N) is 3. The molecule has 0 aliphatic carbocycles. The van der Waals surface area contributed by atoms with Gasteiger partial charge in [0, 0.05) is 43.8 Å². The van der Waals surface area contributed by atoms with Crippen LogP contribution in [0.1, 0.15) is 16.2 Å². The normalized spacial score (nSPS) is 14.6. The topological polar surface area (TPSA) is 76.6 Å². The van der Waals surface area contributed by atoms with Crippen molar-refractivity contribution >= 4 is 28.3 Å². The molecule has 9 heteroatoms. The number of benzene rings is 1. The Hall–Kier alpha value is -2.10. The lowest BCUT2D eigenvalue weighted by atomic mass is 10.1. The van der Waals surface area contributed by atoms with Crippen LogP contribution in [0.3, 0.4) is 0 Å². The van der Waals surface area contributed by atoms with Crippen LogP contribution in [0, 0.1) is 5.82 Å². The molecule has 1 N–H and O–H groups in total. The lowest BCUT2D eigenvalue weighted by Crippen LogP contribution is -2.41. The van der Waals surface area contributed by atoms with Crippen LogP contribution in [0.4, 0.5) is 15.2 Å². The molecule has 0 bridgehead atoms. The zero-order valence-corrected chi connectivity index (χ0v) is 14.6. The minimum absolute atomic E-state index is 0.0606. The van der Waals surface area contributed by atoms with Crippen LogP contribution in [0.5, 0.6) is 0 Å². The first-order valence-corrected chi connectivity index (χ1v) is 8.70. The summed E-state index contributed by atoms with van der Waals surface area (Å²) in [4.78, 5) is 18.3. The fourth-order valence-corrected chi connectivity index (χ4v) is 3.06. The second-order valence-electron chi connectivity index (χ2n) is 5.48. The Labute approximate surface area is 148 Å². The Morgan fingerprint density at radius 1 is 1.44 bits per heavy atom. The quantitative estimate of drug-likeness (QED) is 0.844. The summed E-state index contributed by atoms with van der Waals surface area (Å²) in [6.45, 7) is 2.47. The number of rotatable bonds is 6. The standard InChI is InChI=1S/C16H19FN4O3S/c1-23-7-4-14-19-16(25-20-14)18-11-2-3-12(13(17)10-11)15(22)21-5-8-24-9-6-21/h2-3,10H,4-9H2,1H3,(H,18,19,20). The van der Waals surface area contributed by atoms with Crippen LogP contribution in [0.25, 0.3) is 0 Å². The van der Waals surface area contributed by atoms with Crippen molar-refractivity contribution in [2.75, 3.05) is 45.3 Å². The summed E-state index contributed by atoms with van der Waals surface area (Å²) in [5, 5.41) is 3.57. The Kier molecular flexibility index (Phi) is 5.90. The number of hydrogen-bond acceptors (Lipinski definition) is 7. The number of halogens is 1. The lowest BCUT2D eigenvalue weighted by molar-refractivity contribution is 0.0300. The molecule has 1 aliphatic rings. The number of anilines is 2. The molecule has 1 amide bonds. The predicted molar refractivity (Wildman–Crippen MR) is 91.9 cm³/mol. The van der Waals surface area contributed by atoms with Crippen LogP contribution in [-0.4, -0.2) is 60.2 Å². The Morgan fingerprint density at radius 2 is 2.24 bits per heavy atom. The van der Waals surface area contributed by atoms with E-state index in [-0.39, 0.29) is 11.5 Å². The summed E-state index contributed by atoms with van der Waals surface area (Å²) in [6, 6.07) is 4.44. The second kappa shape index (κ2) is 8.32. The monoisotopic (exact) mass is 366 g/mol. The fourth-order valence-electron chi connectivity index (χ4n) is 2.43. The second-order valence-corrected chi connectivity index (χ2v) is 6.23. The van der Waals surface area contributed by atoms with Gasteiger partial charge in [-0.25, -0.2) is 9.37 Å². The third kappa shape index (κ3) is 4.50. The van der Waals surface area contributed by atoms with Crippen molar-refractivity contribution in [2.24, 2.45) is 0 Å². The summed E-state index contributed by atoms with van der Waals surface area (Å²) >= 11 is 1.19. The number of hydrogen-bond donors (Lipinski definition) is 1. The van der Waals surface area contributed by atoms with E-state index in [2.05, 4.69) is 14.7 Å². The van der Waals surface area contributed by atoms with Crippen LogP contribution in [0.2, 0.25) is 0 Å². The first-order valence-electron chi connectivity index (χ1n) is 7.92. The molecule has 0 spiro atoms. The largest absolute Gasteiger partial charge is 0.384 e. The van der Waals surface area contributed by atoms with Crippen molar-refractivity contribution in [1.29, 1.82) is 0 Å². The van der Waals surface area contributed by atoms with Crippen molar-refractivity contribution in [3.8, 4) is 0 Å². The molecule has 0 atom stereocenters. The minimum Gasteiger partial charge on any atom is -0.384 e. The number of ether oxygens (including phenoxy) is 2. The summed E-state index contributed by atoms with van der Waals surface area (Å²) in [5.41, 5.74) is 0.580. The van der Waals surface area contributed by atoms with Crippen LogP contribution < -0.4 is 5.32 Å². The number of amides is 1. The van der Waals surface area contributed by atoms with Crippen molar-refractivity contribution in [3.05, 3.63) is 35.4 Å². The molecule has 25 heavy (non-hydrogen) atoms. The molecule has 1 aromatic carbocycles. The van der Waals surface area contributed by atoms with E-state index in [1.54, 1.807) is 18.1 Å². The maximum atomic E-state index is 14.4. The summed E-state index contributed by atoms with van der Waals surface area (Å²) in [5.74, 6) is -0.204. The predicted octanol–water partition coefficient (Wildman–Crippen LogP) is 2.08. The van der Waals surface area contributed by atoms with Gasteiger partial charge in [-0.05, 0) is 18.2 Å². The molecule has 134 valence electrons. The summed E-state index contributed by atoms with van der Waals surface area (Å²) in [6.07, 6.45) is 0.621. The molecular weight excluding hydrogens is 347 g/mol. The lowest BCUT2D eigenvalue weighted by Gasteiger charge is -2.27. The van der Waals surface area contributed by atoms with Gasteiger partial charge in [0.1, 0.15) is 11.6 Å². The first kappa shape index (κ1) is 17.7. The highest BCUT2D eigenvalue weighted by Crippen LogP contribution is 2.22. The van der Waals surface area contributed by atoms with E-state index in [9.17, 15) is 9.18 Å². The molecule has 2 aromatic rings. The number of nitrogens with one attached hydrogen (secondary N) is 1. The van der Waals surface area contributed by atoms with Gasteiger partial charge >= 0.3 is 0 Å². The van der Waals surface area contributed by atoms with Gasteiger partial charge in [0.25, 0.3) is 5.91 Å². The fraction of sp³-hybridized carbons (Fsp3) is 0.438. The molecule has 1 aliphatic heterocycles. The molecule has 3 rings (SSSR count). The Morgan fingerprint density at radius 3 is 2.96 bits per heavy atom. The first-order chi connectivity index (χ1) is 12.2. The van der Waals surface area contributed by atoms with Gasteiger partial charge in [0.05, 0.1) is 25.4 Å². The van der Waals surface area contributed by atoms with Gasteiger partial charge in [-0.2, -0.15) is 4.37 Å². The number of carbonyl (C=O) groups excluding carboxylic acids is 1. The molecule has 1 fully saturated rings. The van der Waals surface area contributed by atoms with E-state index in [4.69, 9.17) is 9.47 Å². The van der Waals surface area contributed by atoms with Gasteiger partial charge in [-0.15, -0.1) is 0 Å². The molecule has 7 nitrogen and oxygen atoms in total.